The number of rotatable bonds is 5. The van der Waals surface area contributed by atoms with E-state index in [1.54, 1.807) is 0 Å². The Balaban J connectivity index is 1.62. The van der Waals surface area contributed by atoms with Gasteiger partial charge in [0.1, 0.15) is 0 Å². The summed E-state index contributed by atoms with van der Waals surface area (Å²) in [6.07, 6.45) is 5.42. The Morgan fingerprint density at radius 3 is 2.30 bits per heavy atom. The van der Waals surface area contributed by atoms with Crippen LogP contribution in [0.5, 0.6) is 0 Å². The lowest BCUT2D eigenvalue weighted by molar-refractivity contribution is 0.195. The molecule has 0 radical (unpaired) electrons. The SMILES string of the molecule is CCN1CCC(NC(c2ccc(C)cc2)C2CC2)CC1. The molecule has 1 unspecified atom stereocenters. The molecule has 1 saturated carbocycles. The van der Waals surface area contributed by atoms with Crippen LogP contribution in [0.25, 0.3) is 0 Å². The summed E-state index contributed by atoms with van der Waals surface area (Å²) in [5, 5.41) is 3.97. The van der Waals surface area contributed by atoms with Gasteiger partial charge in [0.05, 0.1) is 0 Å². The summed E-state index contributed by atoms with van der Waals surface area (Å²) < 4.78 is 0. The van der Waals surface area contributed by atoms with Crippen LogP contribution in [-0.4, -0.2) is 30.6 Å². The Kier molecular flexibility index (Phi) is 4.42. The largest absolute Gasteiger partial charge is 0.307 e. The first-order valence-electron chi connectivity index (χ1n) is 8.31. The van der Waals surface area contributed by atoms with Crippen molar-refractivity contribution in [3.63, 3.8) is 0 Å². The van der Waals surface area contributed by atoms with Crippen molar-refractivity contribution in [2.75, 3.05) is 19.6 Å². The van der Waals surface area contributed by atoms with Gasteiger partial charge in [-0.2, -0.15) is 0 Å². The molecule has 20 heavy (non-hydrogen) atoms. The van der Waals surface area contributed by atoms with Crippen LogP contribution in [0.1, 0.15) is 49.8 Å². The van der Waals surface area contributed by atoms with Gasteiger partial charge in [-0.25, -0.2) is 0 Å². The molecular formula is C18H28N2. The van der Waals surface area contributed by atoms with Crippen LogP contribution in [-0.2, 0) is 0 Å². The molecule has 0 aromatic heterocycles. The van der Waals surface area contributed by atoms with Crippen molar-refractivity contribution in [3.05, 3.63) is 35.4 Å². The van der Waals surface area contributed by atoms with Crippen LogP contribution < -0.4 is 5.32 Å². The first-order valence-corrected chi connectivity index (χ1v) is 8.31. The molecule has 0 amide bonds. The highest BCUT2D eigenvalue weighted by molar-refractivity contribution is 5.25. The lowest BCUT2D eigenvalue weighted by atomic mass is 9.97. The summed E-state index contributed by atoms with van der Waals surface area (Å²) in [4.78, 5) is 2.57. The van der Waals surface area contributed by atoms with Crippen molar-refractivity contribution < 1.29 is 0 Å². The zero-order valence-electron chi connectivity index (χ0n) is 12.9. The predicted molar refractivity (Wildman–Crippen MR) is 84.9 cm³/mol. The van der Waals surface area contributed by atoms with E-state index >= 15 is 0 Å². The zero-order chi connectivity index (χ0) is 13.9. The summed E-state index contributed by atoms with van der Waals surface area (Å²) in [5.74, 6) is 0.877. The van der Waals surface area contributed by atoms with Crippen molar-refractivity contribution in [2.24, 2.45) is 5.92 Å². The molecule has 1 aromatic rings. The van der Waals surface area contributed by atoms with Crippen molar-refractivity contribution in [1.82, 2.24) is 10.2 Å². The van der Waals surface area contributed by atoms with Gasteiger partial charge >= 0.3 is 0 Å². The van der Waals surface area contributed by atoms with Crippen LogP contribution in [0.4, 0.5) is 0 Å². The standard InChI is InChI=1S/C18H28N2/c1-3-20-12-10-17(11-13-20)19-18(16-8-9-16)15-6-4-14(2)5-7-15/h4-7,16-19H,3,8-13H2,1-2H3. The molecule has 2 nitrogen and oxygen atoms in total. The minimum Gasteiger partial charge on any atom is -0.307 e. The number of hydrogen-bond acceptors (Lipinski definition) is 2. The van der Waals surface area contributed by atoms with Gasteiger partial charge in [-0.3, -0.25) is 0 Å². The zero-order valence-corrected chi connectivity index (χ0v) is 12.9. The third-order valence-electron chi connectivity index (χ3n) is 4.98. The molecule has 2 fully saturated rings. The first-order chi connectivity index (χ1) is 9.76. The molecule has 1 aliphatic carbocycles. The number of benzene rings is 1. The fourth-order valence-corrected chi connectivity index (χ4v) is 3.38. The van der Waals surface area contributed by atoms with E-state index in [2.05, 4.69) is 48.3 Å². The number of likely N-dealkylation sites (tertiary alicyclic amines) is 1. The van der Waals surface area contributed by atoms with E-state index in [4.69, 9.17) is 0 Å². The fourth-order valence-electron chi connectivity index (χ4n) is 3.38. The van der Waals surface area contributed by atoms with Crippen molar-refractivity contribution in [1.29, 1.82) is 0 Å². The highest BCUT2D eigenvalue weighted by Gasteiger charge is 2.34. The average molecular weight is 272 g/mol. The van der Waals surface area contributed by atoms with Crippen LogP contribution in [0.3, 0.4) is 0 Å². The minimum absolute atomic E-state index is 0.591. The minimum atomic E-state index is 0.591. The number of piperidine rings is 1. The number of nitrogens with one attached hydrogen (secondary N) is 1. The number of hydrogen-bond donors (Lipinski definition) is 1. The average Bonchev–Trinajstić information content (AvgIpc) is 3.31. The van der Waals surface area contributed by atoms with Crippen LogP contribution in [0, 0.1) is 12.8 Å². The van der Waals surface area contributed by atoms with Crippen LogP contribution in [0.15, 0.2) is 24.3 Å². The van der Waals surface area contributed by atoms with E-state index in [1.807, 2.05) is 0 Å². The van der Waals surface area contributed by atoms with Gasteiger partial charge < -0.3 is 10.2 Å². The fraction of sp³-hybridized carbons (Fsp3) is 0.667. The maximum Gasteiger partial charge on any atom is 0.0351 e. The molecule has 1 atom stereocenters. The van der Waals surface area contributed by atoms with E-state index in [-0.39, 0.29) is 0 Å². The molecule has 2 aliphatic rings. The van der Waals surface area contributed by atoms with Crippen molar-refractivity contribution in [2.45, 2.75) is 51.6 Å². The summed E-state index contributed by atoms with van der Waals surface area (Å²) in [5.41, 5.74) is 2.86. The van der Waals surface area contributed by atoms with Gasteiger partial charge in [0.15, 0.2) is 0 Å². The summed E-state index contributed by atoms with van der Waals surface area (Å²) >= 11 is 0. The van der Waals surface area contributed by atoms with E-state index in [1.165, 1.54) is 56.4 Å². The topological polar surface area (TPSA) is 15.3 Å². The summed E-state index contributed by atoms with van der Waals surface area (Å²) in [6.45, 7) is 8.17. The molecule has 3 rings (SSSR count). The van der Waals surface area contributed by atoms with Gasteiger partial charge in [-0.1, -0.05) is 36.8 Å². The van der Waals surface area contributed by atoms with E-state index in [0.29, 0.717) is 12.1 Å². The lowest BCUT2D eigenvalue weighted by Gasteiger charge is -2.34. The Morgan fingerprint density at radius 1 is 1.10 bits per heavy atom. The van der Waals surface area contributed by atoms with Crippen molar-refractivity contribution in [3.8, 4) is 0 Å². The number of aryl methyl sites for hydroxylation is 1. The smallest absolute Gasteiger partial charge is 0.0351 e. The van der Waals surface area contributed by atoms with Gasteiger partial charge in [-0.15, -0.1) is 0 Å². The van der Waals surface area contributed by atoms with E-state index in [0.717, 1.165) is 5.92 Å². The van der Waals surface area contributed by atoms with Crippen LogP contribution >= 0.6 is 0 Å². The monoisotopic (exact) mass is 272 g/mol. The van der Waals surface area contributed by atoms with Gasteiger partial charge in [0.2, 0.25) is 0 Å². The van der Waals surface area contributed by atoms with Crippen molar-refractivity contribution >= 4 is 0 Å². The lowest BCUT2D eigenvalue weighted by Crippen LogP contribution is -2.44. The molecule has 0 bridgehead atoms. The second-order valence-electron chi connectivity index (χ2n) is 6.60. The Hall–Kier alpha value is -0.860. The third-order valence-corrected chi connectivity index (χ3v) is 4.98. The molecule has 0 spiro atoms. The molecule has 110 valence electrons. The second-order valence-corrected chi connectivity index (χ2v) is 6.60. The maximum atomic E-state index is 3.97. The summed E-state index contributed by atoms with van der Waals surface area (Å²) in [6, 6.07) is 10.5. The van der Waals surface area contributed by atoms with Gasteiger partial charge in [-0.05, 0) is 63.7 Å². The highest BCUT2D eigenvalue weighted by Crippen LogP contribution is 2.41. The normalized spacial score (nSPS) is 22.9. The second kappa shape index (κ2) is 6.28. The highest BCUT2D eigenvalue weighted by atomic mass is 15.1. The molecule has 1 aromatic carbocycles. The number of nitrogens with zero attached hydrogens (tertiary/aromatic N) is 1. The van der Waals surface area contributed by atoms with E-state index in [9.17, 15) is 0 Å². The molecular weight excluding hydrogens is 244 g/mol. The molecule has 1 heterocycles. The van der Waals surface area contributed by atoms with Gasteiger partial charge in [0, 0.05) is 12.1 Å². The predicted octanol–water partition coefficient (Wildman–Crippen LogP) is 3.52. The van der Waals surface area contributed by atoms with Crippen LogP contribution in [0.2, 0.25) is 0 Å². The summed E-state index contributed by atoms with van der Waals surface area (Å²) in [7, 11) is 0. The Labute approximate surface area is 123 Å². The molecule has 1 saturated heterocycles. The van der Waals surface area contributed by atoms with E-state index < -0.39 is 0 Å². The Morgan fingerprint density at radius 2 is 1.75 bits per heavy atom. The van der Waals surface area contributed by atoms with Gasteiger partial charge in [0.25, 0.3) is 0 Å². The molecule has 2 heteroatoms. The Bertz CT molecular complexity index is 414. The quantitative estimate of drug-likeness (QED) is 0.882. The maximum absolute atomic E-state index is 3.97. The third kappa shape index (κ3) is 3.42. The first kappa shape index (κ1) is 14.1. The molecule has 1 N–H and O–H groups in total. The molecule has 1 aliphatic heterocycles.